The van der Waals surface area contributed by atoms with Crippen molar-refractivity contribution in [2.24, 2.45) is 5.84 Å². The second-order valence-electron chi connectivity index (χ2n) is 3.11. The van der Waals surface area contributed by atoms with Crippen molar-refractivity contribution in [3.63, 3.8) is 0 Å². The van der Waals surface area contributed by atoms with Crippen molar-refractivity contribution < 1.29 is 19.1 Å². The van der Waals surface area contributed by atoms with Gasteiger partial charge >= 0.3 is 5.97 Å². The number of carbonyl (C=O) groups is 1. The summed E-state index contributed by atoms with van der Waals surface area (Å²) in [7, 11) is 1.57. The van der Waals surface area contributed by atoms with Gasteiger partial charge in [-0.25, -0.2) is 5.84 Å². The number of methoxy groups -OCH3 is 1. The van der Waals surface area contributed by atoms with Crippen LogP contribution in [0.1, 0.15) is 6.42 Å². The fourth-order valence-electron chi connectivity index (χ4n) is 1.14. The lowest BCUT2D eigenvalue weighted by atomic mass is 10.3. The number of ether oxygens (including phenoxy) is 2. The first-order valence-corrected chi connectivity index (χ1v) is 6.48. The summed E-state index contributed by atoms with van der Waals surface area (Å²) in [4.78, 5) is 15.3. The van der Waals surface area contributed by atoms with Crippen LogP contribution in [0.5, 0.6) is 11.5 Å². The minimum absolute atomic E-state index is 0.0836. The highest BCUT2D eigenvalue weighted by Gasteiger charge is 2.09. The highest BCUT2D eigenvalue weighted by Crippen LogP contribution is 2.35. The van der Waals surface area contributed by atoms with Crippen LogP contribution >= 0.6 is 31.9 Å². The van der Waals surface area contributed by atoms with Gasteiger partial charge in [-0.3, -0.25) is 4.79 Å². The topological polar surface area (TPSA) is 82.8 Å². The summed E-state index contributed by atoms with van der Waals surface area (Å²) in [5, 5.41) is 0. The van der Waals surface area contributed by atoms with Crippen LogP contribution in [-0.2, 0) is 9.63 Å². The molecule has 0 fully saturated rings. The maximum atomic E-state index is 11.0. The monoisotopic (exact) mass is 382 g/mol. The molecule has 6 nitrogen and oxygen atoms in total. The van der Waals surface area contributed by atoms with E-state index >= 15 is 0 Å². The molecule has 0 saturated heterocycles. The SMILES string of the molecule is COc1cc(Br)c(OCCC(=O)ONN)cc1Br. The molecule has 1 aromatic rings. The number of nitrogens with two attached hydrogens (primary N) is 1. The maximum absolute atomic E-state index is 11.0. The van der Waals surface area contributed by atoms with E-state index in [-0.39, 0.29) is 13.0 Å². The van der Waals surface area contributed by atoms with E-state index in [0.717, 1.165) is 8.95 Å². The predicted molar refractivity (Wildman–Crippen MR) is 71.9 cm³/mol. The van der Waals surface area contributed by atoms with Gasteiger partial charge in [0.25, 0.3) is 0 Å². The zero-order valence-electron chi connectivity index (χ0n) is 9.54. The molecule has 0 atom stereocenters. The molecule has 0 saturated carbocycles. The van der Waals surface area contributed by atoms with Crippen molar-refractivity contribution in [2.75, 3.05) is 13.7 Å². The van der Waals surface area contributed by atoms with Gasteiger partial charge in [0.05, 0.1) is 29.1 Å². The average molecular weight is 384 g/mol. The van der Waals surface area contributed by atoms with E-state index in [9.17, 15) is 4.79 Å². The third-order valence-corrected chi connectivity index (χ3v) is 3.18. The molecular weight excluding hydrogens is 372 g/mol. The van der Waals surface area contributed by atoms with Gasteiger partial charge in [-0.1, -0.05) is 5.59 Å². The highest BCUT2D eigenvalue weighted by atomic mass is 79.9. The lowest BCUT2D eigenvalue weighted by molar-refractivity contribution is -0.151. The third-order valence-electron chi connectivity index (χ3n) is 1.94. The summed E-state index contributed by atoms with van der Waals surface area (Å²) in [5.74, 6) is 5.60. The Bertz CT molecular complexity index is 429. The van der Waals surface area contributed by atoms with E-state index in [0.29, 0.717) is 11.5 Å². The van der Waals surface area contributed by atoms with Gasteiger partial charge in [0.2, 0.25) is 0 Å². The van der Waals surface area contributed by atoms with E-state index in [4.69, 9.17) is 15.3 Å². The largest absolute Gasteiger partial charge is 0.496 e. The smallest absolute Gasteiger partial charge is 0.329 e. The molecule has 0 spiro atoms. The summed E-state index contributed by atoms with van der Waals surface area (Å²) in [6, 6.07) is 3.51. The van der Waals surface area contributed by atoms with Crippen LogP contribution in [0.15, 0.2) is 21.1 Å². The molecule has 0 amide bonds. The molecule has 18 heavy (non-hydrogen) atoms. The number of hydrogen-bond acceptors (Lipinski definition) is 6. The molecule has 1 rings (SSSR count). The molecule has 0 aliphatic rings. The Hall–Kier alpha value is -0.830. The Morgan fingerprint density at radius 3 is 2.56 bits per heavy atom. The number of halogens is 2. The number of hydrazine groups is 1. The standard InChI is InChI=1S/C10H12Br2N2O4/c1-16-8-4-7(12)9(5-6(8)11)17-3-2-10(15)18-14-13/h4-5,14H,2-3,13H2,1H3. The van der Waals surface area contributed by atoms with Crippen molar-refractivity contribution in [2.45, 2.75) is 6.42 Å². The van der Waals surface area contributed by atoms with E-state index in [1.807, 2.05) is 5.59 Å². The minimum atomic E-state index is -0.499. The second-order valence-corrected chi connectivity index (χ2v) is 4.82. The van der Waals surface area contributed by atoms with Gasteiger partial charge in [-0.15, -0.1) is 0 Å². The second kappa shape index (κ2) is 7.57. The van der Waals surface area contributed by atoms with Crippen molar-refractivity contribution in [3.8, 4) is 11.5 Å². The average Bonchev–Trinajstić information content (AvgIpc) is 2.33. The Morgan fingerprint density at radius 1 is 1.33 bits per heavy atom. The summed E-state index contributed by atoms with van der Waals surface area (Å²) in [6.07, 6.45) is 0.0836. The van der Waals surface area contributed by atoms with Gasteiger partial charge in [-0.05, 0) is 44.0 Å². The quantitative estimate of drug-likeness (QED) is 0.576. The number of benzene rings is 1. The summed E-state index contributed by atoms with van der Waals surface area (Å²) in [5.41, 5.74) is 1.81. The summed E-state index contributed by atoms with van der Waals surface area (Å²) < 4.78 is 12.0. The van der Waals surface area contributed by atoms with Crippen molar-refractivity contribution in [1.29, 1.82) is 0 Å². The van der Waals surface area contributed by atoms with Crippen LogP contribution in [0.25, 0.3) is 0 Å². The number of hydrogen-bond donors (Lipinski definition) is 2. The molecule has 1 aromatic carbocycles. The Morgan fingerprint density at radius 2 is 1.94 bits per heavy atom. The van der Waals surface area contributed by atoms with Crippen molar-refractivity contribution in [3.05, 3.63) is 21.1 Å². The van der Waals surface area contributed by atoms with Crippen LogP contribution in [0, 0.1) is 0 Å². The van der Waals surface area contributed by atoms with Crippen LogP contribution in [0.3, 0.4) is 0 Å². The van der Waals surface area contributed by atoms with E-state index in [1.165, 1.54) is 0 Å². The molecule has 0 aliphatic carbocycles. The van der Waals surface area contributed by atoms with Gasteiger partial charge < -0.3 is 14.3 Å². The van der Waals surface area contributed by atoms with Gasteiger partial charge in [0.15, 0.2) is 0 Å². The first kappa shape index (κ1) is 15.2. The third kappa shape index (κ3) is 4.45. The van der Waals surface area contributed by atoms with Crippen molar-refractivity contribution >= 4 is 37.8 Å². The van der Waals surface area contributed by atoms with E-state index in [2.05, 4.69) is 36.7 Å². The number of rotatable bonds is 6. The van der Waals surface area contributed by atoms with Gasteiger partial charge in [0, 0.05) is 0 Å². The Balaban J connectivity index is 2.57. The first-order valence-electron chi connectivity index (χ1n) is 4.89. The predicted octanol–water partition coefficient (Wildman–Crippen LogP) is 1.91. The molecule has 0 radical (unpaired) electrons. The Labute approximate surface area is 121 Å². The molecule has 0 unspecified atom stereocenters. The maximum Gasteiger partial charge on any atom is 0.329 e. The molecule has 0 heterocycles. The zero-order valence-corrected chi connectivity index (χ0v) is 12.7. The number of carbonyl (C=O) groups excluding carboxylic acids is 1. The lowest BCUT2D eigenvalue weighted by Crippen LogP contribution is -2.26. The molecule has 8 heteroatoms. The van der Waals surface area contributed by atoms with Crippen molar-refractivity contribution in [1.82, 2.24) is 5.59 Å². The molecule has 0 bridgehead atoms. The molecule has 100 valence electrons. The first-order chi connectivity index (χ1) is 8.58. The minimum Gasteiger partial charge on any atom is -0.496 e. The van der Waals surface area contributed by atoms with E-state index in [1.54, 1.807) is 19.2 Å². The lowest BCUT2D eigenvalue weighted by Gasteiger charge is -2.10. The molecule has 3 N–H and O–H groups in total. The van der Waals surface area contributed by atoms with Crippen LogP contribution in [0.2, 0.25) is 0 Å². The van der Waals surface area contributed by atoms with Crippen LogP contribution in [0.4, 0.5) is 0 Å². The molecule has 0 aromatic heterocycles. The Kier molecular flexibility index (Phi) is 6.41. The fourth-order valence-corrected chi connectivity index (χ4v) is 2.06. The normalized spacial score (nSPS) is 10.0. The van der Waals surface area contributed by atoms with E-state index < -0.39 is 5.97 Å². The highest BCUT2D eigenvalue weighted by molar-refractivity contribution is 9.11. The van der Waals surface area contributed by atoms with Gasteiger partial charge in [-0.2, -0.15) is 0 Å². The summed E-state index contributed by atoms with van der Waals surface area (Å²) >= 11 is 6.69. The molecular formula is C10H12Br2N2O4. The van der Waals surface area contributed by atoms with Crippen LogP contribution in [-0.4, -0.2) is 19.7 Å². The van der Waals surface area contributed by atoms with Gasteiger partial charge in [0.1, 0.15) is 11.5 Å². The zero-order chi connectivity index (χ0) is 13.5. The number of nitrogens with one attached hydrogen (secondary N) is 1. The summed E-state index contributed by atoms with van der Waals surface area (Å²) in [6.45, 7) is 0.178. The molecule has 0 aliphatic heterocycles. The fraction of sp³-hybridized carbons (Fsp3) is 0.300. The van der Waals surface area contributed by atoms with Crippen LogP contribution < -0.4 is 20.9 Å².